The van der Waals surface area contributed by atoms with Crippen molar-refractivity contribution in [1.82, 2.24) is 0 Å². The summed E-state index contributed by atoms with van der Waals surface area (Å²) >= 11 is 0.808. The van der Waals surface area contributed by atoms with Gasteiger partial charge in [0, 0.05) is 4.90 Å². The first-order valence-electron chi connectivity index (χ1n) is 8.55. The van der Waals surface area contributed by atoms with Gasteiger partial charge >= 0.3 is 5.97 Å². The van der Waals surface area contributed by atoms with Crippen LogP contribution in [0, 0.1) is 23.7 Å². The fourth-order valence-electron chi connectivity index (χ4n) is 5.25. The van der Waals surface area contributed by atoms with Gasteiger partial charge in [0.25, 0.3) is 0 Å². The largest absolute Gasteiger partial charge is 0.691 e. The minimum atomic E-state index is -0.322. The van der Waals surface area contributed by atoms with Crippen molar-refractivity contribution >= 4 is 18.0 Å². The minimum Gasteiger partial charge on any atom is -0.691 e. The summed E-state index contributed by atoms with van der Waals surface area (Å²) in [6, 6.07) is 6.80. The number of carbonyl (C=O) groups is 1. The molecule has 6 heteroatoms. The van der Waals surface area contributed by atoms with Crippen LogP contribution in [0.4, 0.5) is 0 Å². The lowest BCUT2D eigenvalue weighted by molar-refractivity contribution is -0.777. The molecule has 4 fully saturated rings. The first-order chi connectivity index (χ1) is 11.6. The molecule has 5 nitrogen and oxygen atoms in total. The molecule has 0 amide bonds. The standard InChI is InChI=1S/C18H22O5S/c1-18(14-7-11-6-12(9-14)10-15(18)8-11)21-17(19)13-2-4-16(5-3-13)24-23-22-20/h2-5,11-12,14-15,20H,6-10H2,1H3/p-1. The number of hydrogen-bond donors (Lipinski definition) is 0. The molecule has 0 atom stereocenters. The van der Waals surface area contributed by atoms with E-state index in [1.54, 1.807) is 24.3 Å². The van der Waals surface area contributed by atoms with Gasteiger partial charge in [-0.15, -0.1) is 0 Å². The fourth-order valence-corrected chi connectivity index (χ4v) is 5.60. The quantitative estimate of drug-likeness (QED) is 0.352. The third kappa shape index (κ3) is 2.86. The van der Waals surface area contributed by atoms with Crippen molar-refractivity contribution in [3.8, 4) is 0 Å². The summed E-state index contributed by atoms with van der Waals surface area (Å²) in [4.78, 5) is 13.3. The Balaban J connectivity index is 1.45. The summed E-state index contributed by atoms with van der Waals surface area (Å²) in [5.41, 5.74) is 0.203. The molecule has 4 bridgehead atoms. The van der Waals surface area contributed by atoms with E-state index in [1.807, 2.05) is 0 Å². The maximum Gasteiger partial charge on any atom is 0.338 e. The van der Waals surface area contributed by atoms with Gasteiger partial charge in [-0.3, -0.25) is 5.04 Å². The van der Waals surface area contributed by atoms with Gasteiger partial charge in [-0.1, -0.05) is 0 Å². The number of rotatable bonds is 5. The number of ether oxygens (including phenoxy) is 1. The Labute approximate surface area is 145 Å². The van der Waals surface area contributed by atoms with E-state index in [2.05, 4.69) is 16.3 Å². The Kier molecular flexibility index (Phi) is 4.33. The van der Waals surface area contributed by atoms with Crippen LogP contribution in [0.25, 0.3) is 0 Å². The van der Waals surface area contributed by atoms with Crippen LogP contribution < -0.4 is 5.26 Å². The highest BCUT2D eigenvalue weighted by atomic mass is 32.2. The lowest BCUT2D eigenvalue weighted by Gasteiger charge is -2.59. The van der Waals surface area contributed by atoms with E-state index < -0.39 is 0 Å². The van der Waals surface area contributed by atoms with Crippen molar-refractivity contribution < 1.29 is 24.2 Å². The van der Waals surface area contributed by atoms with Gasteiger partial charge in [0.1, 0.15) is 5.60 Å². The monoisotopic (exact) mass is 349 g/mol. The minimum absolute atomic E-state index is 0.262. The fraction of sp³-hybridized carbons (Fsp3) is 0.611. The van der Waals surface area contributed by atoms with Gasteiger partial charge in [0.2, 0.25) is 0 Å². The zero-order valence-electron chi connectivity index (χ0n) is 13.6. The van der Waals surface area contributed by atoms with Crippen molar-refractivity contribution in [3.63, 3.8) is 0 Å². The maximum absolute atomic E-state index is 12.6. The average molecular weight is 349 g/mol. The molecule has 4 aliphatic rings. The summed E-state index contributed by atoms with van der Waals surface area (Å²) in [7, 11) is 0. The summed E-state index contributed by atoms with van der Waals surface area (Å²) in [5, 5.41) is 13.2. The van der Waals surface area contributed by atoms with E-state index in [-0.39, 0.29) is 11.6 Å². The van der Waals surface area contributed by atoms with Crippen LogP contribution >= 0.6 is 12.0 Å². The van der Waals surface area contributed by atoms with E-state index in [9.17, 15) is 10.1 Å². The first-order valence-corrected chi connectivity index (χ1v) is 9.29. The van der Waals surface area contributed by atoms with Gasteiger partial charge < -0.3 is 9.99 Å². The molecular weight excluding hydrogens is 328 g/mol. The highest BCUT2D eigenvalue weighted by Gasteiger charge is 2.57. The molecule has 130 valence electrons. The third-order valence-electron chi connectivity index (χ3n) is 6.32. The smallest absolute Gasteiger partial charge is 0.338 e. The van der Waals surface area contributed by atoms with Gasteiger partial charge in [0.15, 0.2) is 0 Å². The molecule has 0 N–H and O–H groups in total. The Morgan fingerprint density at radius 2 is 1.67 bits per heavy atom. The molecule has 4 aliphatic carbocycles. The van der Waals surface area contributed by atoms with E-state index in [1.165, 1.54) is 32.1 Å². The number of carbonyl (C=O) groups excluding carboxylic acids is 1. The van der Waals surface area contributed by atoms with E-state index in [4.69, 9.17) is 4.74 Å². The SMILES string of the molecule is CC1(OC(=O)c2ccc(SOO[O-])cc2)C2CC3CC(C2)CC1C3. The highest BCUT2D eigenvalue weighted by molar-refractivity contribution is 7.94. The molecule has 0 spiro atoms. The molecule has 0 saturated heterocycles. The van der Waals surface area contributed by atoms with Gasteiger partial charge in [-0.25, -0.2) is 4.79 Å². The van der Waals surface area contributed by atoms with Crippen LogP contribution in [0.15, 0.2) is 29.2 Å². The van der Waals surface area contributed by atoms with Crippen LogP contribution in [-0.4, -0.2) is 11.6 Å². The van der Waals surface area contributed by atoms with Crippen molar-refractivity contribution in [3.05, 3.63) is 29.8 Å². The number of benzene rings is 1. The van der Waals surface area contributed by atoms with Crippen molar-refractivity contribution in [2.45, 2.75) is 49.5 Å². The molecular formula is C18H21O5S-. The second-order valence-electron chi connectivity index (χ2n) is 7.62. The van der Waals surface area contributed by atoms with Gasteiger partial charge in [-0.2, -0.15) is 4.33 Å². The molecule has 1 aromatic rings. The molecule has 0 radical (unpaired) electrons. The lowest BCUT2D eigenvalue weighted by atomic mass is 9.50. The zero-order chi connectivity index (χ0) is 16.7. The summed E-state index contributed by atoms with van der Waals surface area (Å²) in [5.74, 6) is 2.45. The Morgan fingerprint density at radius 3 is 2.21 bits per heavy atom. The molecule has 4 saturated carbocycles. The van der Waals surface area contributed by atoms with Crippen molar-refractivity contribution in [2.24, 2.45) is 23.7 Å². The van der Waals surface area contributed by atoms with Crippen LogP contribution in [0.2, 0.25) is 0 Å². The predicted molar refractivity (Wildman–Crippen MR) is 85.3 cm³/mol. The van der Waals surface area contributed by atoms with Crippen LogP contribution in [0.3, 0.4) is 0 Å². The highest BCUT2D eigenvalue weighted by Crippen LogP contribution is 2.59. The van der Waals surface area contributed by atoms with Crippen molar-refractivity contribution in [2.75, 3.05) is 0 Å². The predicted octanol–water partition coefficient (Wildman–Crippen LogP) is 3.29. The summed E-state index contributed by atoms with van der Waals surface area (Å²) in [6.07, 6.45) is 6.21. The second kappa shape index (κ2) is 6.33. The summed E-state index contributed by atoms with van der Waals surface area (Å²) < 4.78 is 10.3. The zero-order valence-corrected chi connectivity index (χ0v) is 14.4. The Hall–Kier alpha value is -1.08. The maximum atomic E-state index is 12.6. The van der Waals surface area contributed by atoms with Crippen LogP contribution in [-0.2, 0) is 14.1 Å². The van der Waals surface area contributed by atoms with Gasteiger partial charge in [0.05, 0.1) is 17.6 Å². The summed E-state index contributed by atoms with van der Waals surface area (Å²) in [6.45, 7) is 2.14. The average Bonchev–Trinajstić information content (AvgIpc) is 2.58. The second-order valence-corrected chi connectivity index (χ2v) is 8.40. The molecule has 0 aliphatic heterocycles. The molecule has 5 rings (SSSR count). The number of esters is 1. The topological polar surface area (TPSA) is 67.8 Å². The van der Waals surface area contributed by atoms with Crippen LogP contribution in [0.1, 0.15) is 49.4 Å². The van der Waals surface area contributed by atoms with Crippen LogP contribution in [0.5, 0.6) is 0 Å². The Morgan fingerprint density at radius 1 is 1.08 bits per heavy atom. The molecule has 0 unspecified atom stereocenters. The Bertz CT molecular complexity index is 586. The first kappa shape index (κ1) is 16.4. The molecule has 1 aromatic carbocycles. The third-order valence-corrected chi connectivity index (χ3v) is 6.91. The molecule has 24 heavy (non-hydrogen) atoms. The number of hydrogen-bond acceptors (Lipinski definition) is 6. The van der Waals surface area contributed by atoms with E-state index in [0.717, 1.165) is 23.9 Å². The van der Waals surface area contributed by atoms with E-state index >= 15 is 0 Å². The lowest BCUT2D eigenvalue weighted by Crippen LogP contribution is -2.58. The van der Waals surface area contributed by atoms with E-state index in [0.29, 0.717) is 22.3 Å². The molecule has 0 heterocycles. The molecule has 0 aromatic heterocycles. The normalized spacial score (nSPS) is 36.8. The van der Waals surface area contributed by atoms with Gasteiger partial charge in [-0.05, 0) is 87.0 Å². The van der Waals surface area contributed by atoms with Crippen molar-refractivity contribution in [1.29, 1.82) is 0 Å².